The fraction of sp³-hybridized carbons (Fsp3) is 0.167. The molecular formula is C12H12O2. The average molecular weight is 188 g/mol. The lowest BCUT2D eigenvalue weighted by atomic mass is 10.0. The normalized spacial score (nSPS) is 10.4. The van der Waals surface area contributed by atoms with Gasteiger partial charge in [0.25, 0.3) is 0 Å². The number of benzene rings is 1. The third-order valence-electron chi connectivity index (χ3n) is 1.87. The Morgan fingerprint density at radius 1 is 1.21 bits per heavy atom. The molecular weight excluding hydrogens is 176 g/mol. The lowest BCUT2D eigenvalue weighted by Crippen LogP contribution is -2.10. The summed E-state index contributed by atoms with van der Waals surface area (Å²) in [6, 6.07) is 7.07. The molecule has 0 unspecified atom stereocenters. The molecule has 0 radical (unpaired) electrons. The van der Waals surface area contributed by atoms with Crippen molar-refractivity contribution < 1.29 is 9.59 Å². The monoisotopic (exact) mass is 188 g/mol. The van der Waals surface area contributed by atoms with Crippen LogP contribution in [0.4, 0.5) is 0 Å². The molecule has 1 aromatic carbocycles. The van der Waals surface area contributed by atoms with Gasteiger partial charge in [0.1, 0.15) is 0 Å². The second-order valence-corrected chi connectivity index (χ2v) is 2.97. The molecule has 2 heteroatoms. The van der Waals surface area contributed by atoms with Crippen molar-refractivity contribution in [2.24, 2.45) is 0 Å². The van der Waals surface area contributed by atoms with Gasteiger partial charge in [0.2, 0.25) is 5.78 Å². The Morgan fingerprint density at radius 3 is 2.43 bits per heavy atom. The molecule has 0 aliphatic carbocycles. The van der Waals surface area contributed by atoms with E-state index in [0.717, 1.165) is 5.56 Å². The molecule has 0 saturated heterocycles. The summed E-state index contributed by atoms with van der Waals surface area (Å²) in [7, 11) is 0. The first-order valence-electron chi connectivity index (χ1n) is 4.43. The molecule has 0 bridgehead atoms. The summed E-state index contributed by atoms with van der Waals surface area (Å²) in [5.41, 5.74) is 1.26. The summed E-state index contributed by atoms with van der Waals surface area (Å²) >= 11 is 0. The summed E-state index contributed by atoms with van der Waals surface area (Å²) in [6.45, 7) is 3.16. The topological polar surface area (TPSA) is 34.1 Å². The van der Waals surface area contributed by atoms with Crippen molar-refractivity contribution in [2.45, 2.75) is 13.8 Å². The Hall–Kier alpha value is -1.70. The van der Waals surface area contributed by atoms with E-state index in [1.54, 1.807) is 12.1 Å². The van der Waals surface area contributed by atoms with Crippen molar-refractivity contribution in [1.82, 2.24) is 0 Å². The lowest BCUT2D eigenvalue weighted by molar-refractivity contribution is -0.113. The highest BCUT2D eigenvalue weighted by atomic mass is 16.2. The largest absolute Gasteiger partial charge is 0.291 e. The molecule has 1 rings (SSSR count). The maximum absolute atomic E-state index is 11.5. The Bertz CT molecular complexity index is 389. The molecule has 0 aliphatic heterocycles. The van der Waals surface area contributed by atoms with Crippen LogP contribution < -0.4 is 0 Å². The number of rotatable bonds is 3. The zero-order valence-corrected chi connectivity index (χ0v) is 8.28. The van der Waals surface area contributed by atoms with E-state index in [0.29, 0.717) is 5.56 Å². The quantitative estimate of drug-likeness (QED) is 0.539. The van der Waals surface area contributed by atoms with Gasteiger partial charge in [-0.2, -0.15) is 0 Å². The Labute approximate surface area is 83.3 Å². The molecule has 0 aromatic heterocycles. The van der Waals surface area contributed by atoms with Gasteiger partial charge in [0.15, 0.2) is 5.78 Å². The van der Waals surface area contributed by atoms with Gasteiger partial charge in [0.05, 0.1) is 0 Å². The summed E-state index contributed by atoms with van der Waals surface area (Å²) in [4.78, 5) is 22.4. The fourth-order valence-corrected chi connectivity index (χ4v) is 1.22. The van der Waals surface area contributed by atoms with Crippen LogP contribution in [0.3, 0.4) is 0 Å². The van der Waals surface area contributed by atoms with Crippen molar-refractivity contribution in [1.29, 1.82) is 0 Å². The van der Waals surface area contributed by atoms with Gasteiger partial charge in [0, 0.05) is 12.5 Å². The second kappa shape index (κ2) is 4.51. The van der Waals surface area contributed by atoms with Crippen LogP contribution in [0.2, 0.25) is 0 Å². The Kier molecular flexibility index (Phi) is 3.35. The highest BCUT2D eigenvalue weighted by Gasteiger charge is 2.13. The number of hydrogen-bond donors (Lipinski definition) is 0. The molecule has 0 spiro atoms. The first-order valence-corrected chi connectivity index (χ1v) is 4.43. The summed E-state index contributed by atoms with van der Waals surface area (Å²) < 4.78 is 0. The molecule has 0 fully saturated rings. The number of allylic oxidation sites excluding steroid dienone is 1. The van der Waals surface area contributed by atoms with Crippen LogP contribution in [0.1, 0.15) is 29.8 Å². The highest BCUT2D eigenvalue weighted by molar-refractivity contribution is 6.43. The van der Waals surface area contributed by atoms with Gasteiger partial charge >= 0.3 is 0 Å². The standard InChI is InChI=1S/C12H12O2/c1-3-6-10-7-4-5-8-11(10)12(14)9(2)13/h3-8H,1-2H3/b6-3-. The molecule has 0 atom stereocenters. The molecule has 72 valence electrons. The Balaban J connectivity index is 3.19. The SMILES string of the molecule is C/C=C\c1ccccc1C(=O)C(C)=O. The number of carbonyl (C=O) groups excluding carboxylic acids is 2. The molecule has 0 N–H and O–H groups in total. The molecule has 1 aromatic rings. The average Bonchev–Trinajstić information content (AvgIpc) is 2.18. The minimum Gasteiger partial charge on any atom is -0.291 e. The van der Waals surface area contributed by atoms with Gasteiger partial charge in [-0.3, -0.25) is 9.59 Å². The molecule has 2 nitrogen and oxygen atoms in total. The molecule has 0 aliphatic rings. The van der Waals surface area contributed by atoms with E-state index >= 15 is 0 Å². The van der Waals surface area contributed by atoms with Gasteiger partial charge in [-0.15, -0.1) is 0 Å². The first-order chi connectivity index (χ1) is 6.66. The molecule has 0 saturated carbocycles. The molecule has 0 amide bonds. The van der Waals surface area contributed by atoms with Crippen LogP contribution in [0, 0.1) is 0 Å². The van der Waals surface area contributed by atoms with E-state index in [2.05, 4.69) is 0 Å². The minimum atomic E-state index is -0.432. The number of carbonyl (C=O) groups is 2. The predicted molar refractivity (Wildman–Crippen MR) is 56.2 cm³/mol. The third-order valence-corrected chi connectivity index (χ3v) is 1.87. The van der Waals surface area contributed by atoms with Crippen LogP contribution in [-0.4, -0.2) is 11.6 Å². The van der Waals surface area contributed by atoms with Gasteiger partial charge in [-0.05, 0) is 12.5 Å². The molecule has 0 heterocycles. The van der Waals surface area contributed by atoms with Crippen molar-refractivity contribution >= 4 is 17.6 Å². The van der Waals surface area contributed by atoms with Gasteiger partial charge in [-0.25, -0.2) is 0 Å². The zero-order valence-electron chi connectivity index (χ0n) is 8.28. The van der Waals surface area contributed by atoms with E-state index in [1.807, 2.05) is 31.2 Å². The maximum Gasteiger partial charge on any atom is 0.228 e. The first kappa shape index (κ1) is 10.4. The van der Waals surface area contributed by atoms with E-state index in [1.165, 1.54) is 6.92 Å². The lowest BCUT2D eigenvalue weighted by Gasteiger charge is -2.01. The van der Waals surface area contributed by atoms with Crippen molar-refractivity contribution in [3.05, 3.63) is 41.5 Å². The van der Waals surface area contributed by atoms with Crippen molar-refractivity contribution in [3.8, 4) is 0 Å². The van der Waals surface area contributed by atoms with Crippen LogP contribution in [0.15, 0.2) is 30.3 Å². The van der Waals surface area contributed by atoms with Gasteiger partial charge in [-0.1, -0.05) is 36.4 Å². The predicted octanol–water partition coefficient (Wildman–Crippen LogP) is 2.49. The smallest absolute Gasteiger partial charge is 0.228 e. The fourth-order valence-electron chi connectivity index (χ4n) is 1.22. The van der Waals surface area contributed by atoms with E-state index in [-0.39, 0.29) is 0 Å². The summed E-state index contributed by atoms with van der Waals surface area (Å²) in [5.74, 6) is -0.861. The summed E-state index contributed by atoms with van der Waals surface area (Å²) in [5, 5.41) is 0. The number of hydrogen-bond acceptors (Lipinski definition) is 2. The van der Waals surface area contributed by atoms with Crippen LogP contribution >= 0.6 is 0 Å². The maximum atomic E-state index is 11.5. The third kappa shape index (κ3) is 2.16. The van der Waals surface area contributed by atoms with Crippen LogP contribution in [0.25, 0.3) is 6.08 Å². The van der Waals surface area contributed by atoms with E-state index in [9.17, 15) is 9.59 Å². The highest BCUT2D eigenvalue weighted by Crippen LogP contribution is 2.11. The Morgan fingerprint density at radius 2 is 1.86 bits per heavy atom. The van der Waals surface area contributed by atoms with Crippen molar-refractivity contribution in [2.75, 3.05) is 0 Å². The van der Waals surface area contributed by atoms with Gasteiger partial charge < -0.3 is 0 Å². The van der Waals surface area contributed by atoms with Crippen LogP contribution in [-0.2, 0) is 4.79 Å². The second-order valence-electron chi connectivity index (χ2n) is 2.97. The molecule has 14 heavy (non-hydrogen) atoms. The van der Waals surface area contributed by atoms with Crippen molar-refractivity contribution in [3.63, 3.8) is 0 Å². The summed E-state index contributed by atoms with van der Waals surface area (Å²) in [6.07, 6.45) is 3.66. The zero-order chi connectivity index (χ0) is 10.6. The minimum absolute atomic E-state index is 0.429. The number of Topliss-reactive ketones (excluding diaryl/α,β-unsaturated/α-hetero) is 2. The van der Waals surface area contributed by atoms with E-state index in [4.69, 9.17) is 0 Å². The van der Waals surface area contributed by atoms with Crippen LogP contribution in [0.5, 0.6) is 0 Å². The van der Waals surface area contributed by atoms with E-state index < -0.39 is 11.6 Å². The number of ketones is 2.